The van der Waals surface area contributed by atoms with Gasteiger partial charge < -0.3 is 9.73 Å². The zero-order valence-electron chi connectivity index (χ0n) is 17.9. The molecule has 3 aromatic rings. The summed E-state index contributed by atoms with van der Waals surface area (Å²) in [5, 5.41) is 2.96. The maximum Gasteiger partial charge on any atom is 0.273 e. The number of benzene rings is 2. The first-order chi connectivity index (χ1) is 14.5. The van der Waals surface area contributed by atoms with E-state index in [1.54, 1.807) is 0 Å². The van der Waals surface area contributed by atoms with E-state index in [-0.39, 0.29) is 11.9 Å². The van der Waals surface area contributed by atoms with Crippen molar-refractivity contribution in [2.45, 2.75) is 58.8 Å². The molecule has 1 N–H and O–H groups in total. The standard InChI is InChI=1S/C25H29N3O2/c1-17-9-10-21(18(2)13-17)14-28(19(3)20-7-5-4-6-8-20)15-24-27-23(16-30-24)25(29)26-22-11-12-22/h4-10,13,16,19,22H,11-12,14-15H2,1-3H3,(H,26,29)/t19-/m0/s1. The Balaban J connectivity index is 1.55. The van der Waals surface area contributed by atoms with E-state index in [2.05, 4.69) is 78.4 Å². The largest absolute Gasteiger partial charge is 0.447 e. The lowest BCUT2D eigenvalue weighted by Gasteiger charge is -2.29. The molecule has 0 saturated heterocycles. The van der Waals surface area contributed by atoms with Crippen LogP contribution in [0.4, 0.5) is 0 Å². The summed E-state index contributed by atoms with van der Waals surface area (Å²) in [5.41, 5.74) is 5.41. The van der Waals surface area contributed by atoms with Gasteiger partial charge >= 0.3 is 0 Å². The molecule has 1 aliphatic carbocycles. The van der Waals surface area contributed by atoms with Crippen LogP contribution in [-0.4, -0.2) is 21.8 Å². The molecule has 0 bridgehead atoms. The maximum absolute atomic E-state index is 12.3. The van der Waals surface area contributed by atoms with Crippen LogP contribution < -0.4 is 5.32 Å². The summed E-state index contributed by atoms with van der Waals surface area (Å²) >= 11 is 0. The quantitative estimate of drug-likeness (QED) is 0.578. The summed E-state index contributed by atoms with van der Waals surface area (Å²) in [6.45, 7) is 7.76. The Kier molecular flexibility index (Phi) is 6.00. The van der Waals surface area contributed by atoms with E-state index in [0.29, 0.717) is 24.2 Å². The molecule has 1 heterocycles. The van der Waals surface area contributed by atoms with Crippen molar-refractivity contribution >= 4 is 5.91 Å². The van der Waals surface area contributed by atoms with Crippen LogP contribution in [0.25, 0.3) is 0 Å². The van der Waals surface area contributed by atoms with Gasteiger partial charge in [0.1, 0.15) is 6.26 Å². The molecule has 156 valence electrons. The van der Waals surface area contributed by atoms with Gasteiger partial charge in [0, 0.05) is 18.6 Å². The van der Waals surface area contributed by atoms with Crippen LogP contribution in [0, 0.1) is 13.8 Å². The lowest BCUT2D eigenvalue weighted by atomic mass is 10.0. The van der Waals surface area contributed by atoms with E-state index in [0.717, 1.165) is 19.4 Å². The number of aromatic nitrogens is 1. The van der Waals surface area contributed by atoms with Gasteiger partial charge in [0.2, 0.25) is 5.89 Å². The van der Waals surface area contributed by atoms with Gasteiger partial charge in [0.15, 0.2) is 5.69 Å². The van der Waals surface area contributed by atoms with Gasteiger partial charge in [-0.1, -0.05) is 54.1 Å². The van der Waals surface area contributed by atoms with Gasteiger partial charge in [0.05, 0.1) is 6.54 Å². The van der Waals surface area contributed by atoms with Crippen molar-refractivity contribution in [3.63, 3.8) is 0 Å². The molecule has 1 saturated carbocycles. The lowest BCUT2D eigenvalue weighted by Crippen LogP contribution is -2.27. The molecule has 30 heavy (non-hydrogen) atoms. The average Bonchev–Trinajstić information content (AvgIpc) is 3.43. The number of nitrogens with one attached hydrogen (secondary N) is 1. The van der Waals surface area contributed by atoms with E-state index in [1.165, 1.54) is 28.5 Å². The molecular weight excluding hydrogens is 374 g/mol. The molecule has 0 aliphatic heterocycles. The Morgan fingerprint density at radius 1 is 1.17 bits per heavy atom. The maximum atomic E-state index is 12.3. The first-order valence-electron chi connectivity index (χ1n) is 10.6. The second-order valence-electron chi connectivity index (χ2n) is 8.30. The van der Waals surface area contributed by atoms with Crippen molar-refractivity contribution in [1.82, 2.24) is 15.2 Å². The minimum absolute atomic E-state index is 0.149. The van der Waals surface area contributed by atoms with E-state index in [4.69, 9.17) is 4.42 Å². The Hall–Kier alpha value is -2.92. The smallest absolute Gasteiger partial charge is 0.273 e. The van der Waals surface area contributed by atoms with E-state index in [1.807, 2.05) is 6.07 Å². The average molecular weight is 404 g/mol. The number of amides is 1. The van der Waals surface area contributed by atoms with Crippen molar-refractivity contribution in [3.8, 4) is 0 Å². The summed E-state index contributed by atoms with van der Waals surface area (Å²) in [6.07, 6.45) is 3.57. The highest BCUT2D eigenvalue weighted by atomic mass is 16.3. The van der Waals surface area contributed by atoms with Gasteiger partial charge in [-0.25, -0.2) is 4.98 Å². The molecule has 1 fully saturated rings. The number of rotatable bonds is 8. The van der Waals surface area contributed by atoms with E-state index >= 15 is 0 Å². The van der Waals surface area contributed by atoms with Gasteiger partial charge in [-0.3, -0.25) is 9.69 Å². The minimum Gasteiger partial charge on any atom is -0.447 e. The van der Waals surface area contributed by atoms with Crippen molar-refractivity contribution in [2.24, 2.45) is 0 Å². The topological polar surface area (TPSA) is 58.4 Å². The van der Waals surface area contributed by atoms with E-state index in [9.17, 15) is 4.79 Å². The fourth-order valence-corrected chi connectivity index (χ4v) is 3.66. The molecule has 2 aromatic carbocycles. The van der Waals surface area contributed by atoms with Crippen LogP contribution in [0.1, 0.15) is 64.4 Å². The summed E-state index contributed by atoms with van der Waals surface area (Å²) < 4.78 is 5.68. The Morgan fingerprint density at radius 3 is 2.63 bits per heavy atom. The predicted molar refractivity (Wildman–Crippen MR) is 117 cm³/mol. The van der Waals surface area contributed by atoms with E-state index < -0.39 is 0 Å². The molecule has 1 atom stereocenters. The third-order valence-corrected chi connectivity index (χ3v) is 5.74. The molecule has 1 aromatic heterocycles. The number of hydrogen-bond acceptors (Lipinski definition) is 4. The molecule has 5 nitrogen and oxygen atoms in total. The summed E-state index contributed by atoms with van der Waals surface area (Å²) in [7, 11) is 0. The number of oxazole rings is 1. The van der Waals surface area contributed by atoms with Crippen LogP contribution in [0.15, 0.2) is 59.2 Å². The molecule has 1 amide bonds. The molecule has 0 unspecified atom stereocenters. The first kappa shape index (κ1) is 20.4. The van der Waals surface area contributed by atoms with Crippen molar-refractivity contribution in [1.29, 1.82) is 0 Å². The summed E-state index contributed by atoms with van der Waals surface area (Å²) in [6, 6.07) is 17.5. The predicted octanol–water partition coefficient (Wildman–Crippen LogP) is 4.95. The third-order valence-electron chi connectivity index (χ3n) is 5.74. The number of aryl methyl sites for hydroxylation is 2. The highest BCUT2D eigenvalue weighted by molar-refractivity contribution is 5.92. The van der Waals surface area contributed by atoms with Gasteiger partial charge in [-0.05, 0) is 50.3 Å². The Labute approximate surface area is 178 Å². The third kappa shape index (κ3) is 4.97. The Bertz CT molecular complexity index is 1010. The SMILES string of the molecule is Cc1ccc(CN(Cc2nc(C(=O)NC3CC3)co2)[C@@H](C)c2ccccc2)c(C)c1. The van der Waals surface area contributed by atoms with Gasteiger partial charge in [0.25, 0.3) is 5.91 Å². The second-order valence-corrected chi connectivity index (χ2v) is 8.30. The molecule has 0 spiro atoms. The fraction of sp³-hybridized carbons (Fsp3) is 0.360. The van der Waals surface area contributed by atoms with Crippen LogP contribution in [0.2, 0.25) is 0 Å². The lowest BCUT2D eigenvalue weighted by molar-refractivity contribution is 0.0946. The van der Waals surface area contributed by atoms with Crippen molar-refractivity contribution in [3.05, 3.63) is 88.6 Å². The molecule has 5 heteroatoms. The van der Waals surface area contributed by atoms with Crippen LogP contribution >= 0.6 is 0 Å². The zero-order chi connectivity index (χ0) is 21.1. The monoisotopic (exact) mass is 403 g/mol. The van der Waals surface area contributed by atoms with Crippen molar-refractivity contribution < 1.29 is 9.21 Å². The number of nitrogens with zero attached hydrogens (tertiary/aromatic N) is 2. The summed E-state index contributed by atoms with van der Waals surface area (Å²) in [4.78, 5) is 19.1. The number of carbonyl (C=O) groups is 1. The molecular formula is C25H29N3O2. The summed E-state index contributed by atoms with van der Waals surface area (Å²) in [5.74, 6) is 0.410. The molecule has 4 rings (SSSR count). The fourth-order valence-electron chi connectivity index (χ4n) is 3.66. The van der Waals surface area contributed by atoms with Gasteiger partial charge in [-0.15, -0.1) is 0 Å². The Morgan fingerprint density at radius 2 is 1.93 bits per heavy atom. The zero-order valence-corrected chi connectivity index (χ0v) is 17.9. The number of hydrogen-bond donors (Lipinski definition) is 1. The van der Waals surface area contributed by atoms with Crippen molar-refractivity contribution in [2.75, 3.05) is 0 Å². The normalized spacial score (nSPS) is 14.7. The highest BCUT2D eigenvalue weighted by Crippen LogP contribution is 2.26. The second kappa shape index (κ2) is 8.84. The number of carbonyl (C=O) groups excluding carboxylic acids is 1. The van der Waals surface area contributed by atoms with Gasteiger partial charge in [-0.2, -0.15) is 0 Å². The molecule has 1 aliphatic rings. The highest BCUT2D eigenvalue weighted by Gasteiger charge is 2.26. The molecule has 0 radical (unpaired) electrons. The van der Waals surface area contributed by atoms with Crippen LogP contribution in [-0.2, 0) is 13.1 Å². The van der Waals surface area contributed by atoms with Crippen LogP contribution in [0.3, 0.4) is 0 Å². The minimum atomic E-state index is -0.149. The van der Waals surface area contributed by atoms with Crippen LogP contribution in [0.5, 0.6) is 0 Å². The first-order valence-corrected chi connectivity index (χ1v) is 10.6.